The maximum atomic E-state index is 9.73. The molecule has 0 atom stereocenters. The Kier molecular flexibility index (Phi) is 12.7. The third kappa shape index (κ3) is 10.4. The van der Waals surface area contributed by atoms with Crippen LogP contribution in [0.3, 0.4) is 0 Å². The van der Waals surface area contributed by atoms with Gasteiger partial charge in [-0.25, -0.2) is 6.29 Å². The van der Waals surface area contributed by atoms with Gasteiger partial charge >= 0.3 is 45.5 Å². The van der Waals surface area contributed by atoms with E-state index < -0.39 is 6.29 Å². The monoisotopic (exact) mass is 190 g/mol. The largest absolute Gasteiger partial charge is 2.00 e. The molecule has 0 N–H and O–H groups in total. The Bertz CT molecular complexity index is 39.4. The van der Waals surface area contributed by atoms with Gasteiger partial charge in [0, 0.05) is 0 Å². The average molecular weight is 190 g/mol. The van der Waals surface area contributed by atoms with Crippen molar-refractivity contribution in [2.45, 2.75) is 32.5 Å². The molecule has 2 nitrogen and oxygen atoms in total. The molecule has 0 aliphatic rings. The van der Waals surface area contributed by atoms with E-state index in [1.807, 2.05) is 6.92 Å². The summed E-state index contributed by atoms with van der Waals surface area (Å²) in [5.74, 6) is 0. The molecule has 0 fully saturated rings. The maximum Gasteiger partial charge on any atom is 2.00 e. The predicted octanol–water partition coefficient (Wildman–Crippen LogP) is -1.16. The van der Waals surface area contributed by atoms with E-state index in [-0.39, 0.29) is 51.9 Å². The van der Waals surface area contributed by atoms with Crippen molar-refractivity contribution in [2.24, 2.45) is 0 Å². The summed E-state index contributed by atoms with van der Waals surface area (Å²) in [6, 6.07) is 0. The minimum Gasteiger partial charge on any atom is -0.865 e. The Morgan fingerprint density at radius 3 is 2.00 bits per heavy atom. The van der Waals surface area contributed by atoms with Crippen molar-refractivity contribution in [3.8, 4) is 0 Å². The molecule has 0 unspecified atom stereocenters. The predicted molar refractivity (Wildman–Crippen MR) is 29.1 cm³/mol. The van der Waals surface area contributed by atoms with Crippen molar-refractivity contribution < 1.29 is 10.2 Å². The minimum atomic E-state index is -1.60. The van der Waals surface area contributed by atoms with Gasteiger partial charge in [0.15, 0.2) is 0 Å². The Morgan fingerprint density at radius 1 is 1.38 bits per heavy atom. The molecular weight excluding hydrogens is 180 g/mol. The average Bonchev–Trinajstić information content (AvgIpc) is 1.61. The van der Waals surface area contributed by atoms with E-state index in [2.05, 4.69) is 0 Å². The Labute approximate surface area is 87.2 Å². The van der Waals surface area contributed by atoms with Gasteiger partial charge < -0.3 is 10.2 Å². The molecule has 0 spiro atoms. The fourth-order valence-corrected chi connectivity index (χ4v) is 0.371. The number of unbranched alkanes of at least 4 members (excludes halogenated alkanes) is 1. The zero-order valence-electron chi connectivity index (χ0n) is 5.22. The van der Waals surface area contributed by atoms with Crippen LogP contribution in [-0.2, 0) is 0 Å². The van der Waals surface area contributed by atoms with Crippen molar-refractivity contribution in [3.05, 3.63) is 0 Å². The van der Waals surface area contributed by atoms with Gasteiger partial charge in [-0.1, -0.05) is 26.2 Å². The molecule has 0 aliphatic carbocycles. The molecule has 0 amide bonds. The third-order valence-electron chi connectivity index (χ3n) is 0.793. The second-order valence-electron chi connectivity index (χ2n) is 1.57. The molecule has 0 heterocycles. The zero-order chi connectivity index (χ0) is 5.70. The van der Waals surface area contributed by atoms with Gasteiger partial charge in [0.2, 0.25) is 0 Å². The van der Waals surface area contributed by atoms with Gasteiger partial charge in [-0.15, -0.1) is 0 Å². The molecule has 0 saturated heterocycles. The van der Waals surface area contributed by atoms with E-state index >= 15 is 0 Å². The molecular formula is C5H10O2Sr. The van der Waals surface area contributed by atoms with Crippen LogP contribution in [0, 0.1) is 0 Å². The van der Waals surface area contributed by atoms with Crippen LogP contribution in [0.25, 0.3) is 0 Å². The molecule has 0 radical (unpaired) electrons. The first-order valence-corrected chi connectivity index (χ1v) is 2.59. The smallest absolute Gasteiger partial charge is 0.865 e. The van der Waals surface area contributed by atoms with E-state index in [4.69, 9.17) is 0 Å². The van der Waals surface area contributed by atoms with E-state index in [1.54, 1.807) is 0 Å². The van der Waals surface area contributed by atoms with Crippen LogP contribution in [0.15, 0.2) is 0 Å². The summed E-state index contributed by atoms with van der Waals surface area (Å²) in [5, 5.41) is 19.5. The summed E-state index contributed by atoms with van der Waals surface area (Å²) in [6.07, 6.45) is 0.412. The Hall–Kier alpha value is 1.40. The second kappa shape index (κ2) is 8.40. The maximum absolute atomic E-state index is 9.73. The first-order chi connectivity index (χ1) is 3.27. The summed E-state index contributed by atoms with van der Waals surface area (Å²) in [4.78, 5) is 0. The molecule has 8 heavy (non-hydrogen) atoms. The molecule has 0 aromatic carbocycles. The van der Waals surface area contributed by atoms with E-state index in [9.17, 15) is 10.2 Å². The van der Waals surface area contributed by atoms with E-state index in [1.165, 1.54) is 0 Å². The summed E-state index contributed by atoms with van der Waals surface area (Å²) < 4.78 is 0. The molecule has 44 valence electrons. The van der Waals surface area contributed by atoms with Crippen LogP contribution in [0.2, 0.25) is 0 Å². The summed E-state index contributed by atoms with van der Waals surface area (Å²) in [6.45, 7) is 1.96. The topological polar surface area (TPSA) is 46.1 Å². The molecule has 0 aliphatic heterocycles. The standard InChI is InChI=1S/C5H10O2.Sr/c1-2-3-4-5(6)7;/h5H,2-4H2,1H3;/q-2;+2. The van der Waals surface area contributed by atoms with Gasteiger partial charge in [0.25, 0.3) is 0 Å². The molecule has 0 rings (SSSR count). The Balaban J connectivity index is 0. The number of hydrogen-bond acceptors (Lipinski definition) is 2. The van der Waals surface area contributed by atoms with Crippen LogP contribution in [0.5, 0.6) is 0 Å². The van der Waals surface area contributed by atoms with Gasteiger partial charge in [-0.05, 0) is 0 Å². The molecule has 0 bridgehead atoms. The van der Waals surface area contributed by atoms with Crippen molar-refractivity contribution in [1.29, 1.82) is 0 Å². The SMILES string of the molecule is CCCCC([O-])[O-].[Sr+2]. The van der Waals surface area contributed by atoms with Gasteiger partial charge in [-0.2, -0.15) is 0 Å². The van der Waals surface area contributed by atoms with Crippen molar-refractivity contribution in [2.75, 3.05) is 0 Å². The molecule has 0 saturated carbocycles. The normalized spacial score (nSPS) is 9.00. The molecule has 0 aromatic heterocycles. The van der Waals surface area contributed by atoms with Crippen LogP contribution in [0.1, 0.15) is 26.2 Å². The van der Waals surface area contributed by atoms with E-state index in [0.717, 1.165) is 12.8 Å². The fourth-order valence-electron chi connectivity index (χ4n) is 0.371. The van der Waals surface area contributed by atoms with Crippen molar-refractivity contribution >= 4 is 45.5 Å². The first-order valence-electron chi connectivity index (χ1n) is 2.59. The summed E-state index contributed by atoms with van der Waals surface area (Å²) in [5.41, 5.74) is 0. The molecule has 3 heteroatoms. The van der Waals surface area contributed by atoms with Crippen molar-refractivity contribution in [1.82, 2.24) is 0 Å². The second-order valence-corrected chi connectivity index (χ2v) is 1.57. The van der Waals surface area contributed by atoms with Gasteiger partial charge in [-0.3, -0.25) is 0 Å². The number of hydrogen-bond donors (Lipinski definition) is 0. The van der Waals surface area contributed by atoms with Gasteiger partial charge in [0.05, 0.1) is 0 Å². The first kappa shape index (κ1) is 12.1. The van der Waals surface area contributed by atoms with E-state index in [0.29, 0.717) is 0 Å². The van der Waals surface area contributed by atoms with Crippen LogP contribution in [0.4, 0.5) is 0 Å². The van der Waals surface area contributed by atoms with Crippen LogP contribution >= 0.6 is 0 Å². The summed E-state index contributed by atoms with van der Waals surface area (Å²) in [7, 11) is 0. The van der Waals surface area contributed by atoms with Crippen molar-refractivity contribution in [3.63, 3.8) is 0 Å². The van der Waals surface area contributed by atoms with Crippen LogP contribution in [-0.4, -0.2) is 51.8 Å². The number of rotatable bonds is 3. The Morgan fingerprint density at radius 2 is 1.88 bits per heavy atom. The van der Waals surface area contributed by atoms with Crippen LogP contribution < -0.4 is 10.2 Å². The summed E-state index contributed by atoms with van der Waals surface area (Å²) >= 11 is 0. The zero-order valence-corrected chi connectivity index (χ0v) is 8.70. The fraction of sp³-hybridized carbons (Fsp3) is 1.00. The quantitative estimate of drug-likeness (QED) is 0.416. The van der Waals surface area contributed by atoms with Gasteiger partial charge in [0.1, 0.15) is 0 Å². The molecule has 0 aromatic rings. The minimum absolute atomic E-state index is 0. The third-order valence-corrected chi connectivity index (χ3v) is 0.793.